The molecule has 0 bridgehead atoms. The van der Waals surface area contributed by atoms with Crippen molar-refractivity contribution in [2.45, 2.75) is 32.2 Å². The van der Waals surface area contributed by atoms with Gasteiger partial charge in [0, 0.05) is 23.7 Å². The van der Waals surface area contributed by atoms with Crippen LogP contribution in [0.25, 0.3) is 0 Å². The minimum atomic E-state index is -0.0539. The molecule has 1 fully saturated rings. The number of fused-ring (bicyclic) bond motifs is 1. The molecule has 29 heavy (non-hydrogen) atoms. The number of nitrogens with zero attached hydrogens (tertiary/aromatic N) is 1. The van der Waals surface area contributed by atoms with E-state index >= 15 is 0 Å². The minimum absolute atomic E-state index is 0.0120. The smallest absolute Gasteiger partial charge is 0.238 e. The van der Waals surface area contributed by atoms with Crippen LogP contribution in [-0.2, 0) is 4.79 Å². The number of ether oxygens (including phenoxy) is 2. The average Bonchev–Trinajstić information content (AvgIpc) is 3.03. The quantitative estimate of drug-likeness (QED) is 0.781. The van der Waals surface area contributed by atoms with Gasteiger partial charge in [-0.3, -0.25) is 14.5 Å². The van der Waals surface area contributed by atoms with E-state index in [1.54, 1.807) is 24.3 Å². The van der Waals surface area contributed by atoms with E-state index in [-0.39, 0.29) is 17.7 Å². The number of ketones is 1. The van der Waals surface area contributed by atoms with Crippen molar-refractivity contribution in [2.24, 2.45) is 0 Å². The Hall–Kier alpha value is -2.86. The summed E-state index contributed by atoms with van der Waals surface area (Å²) in [6.07, 6.45) is 2.95. The lowest BCUT2D eigenvalue weighted by atomic mass is 10.0. The van der Waals surface area contributed by atoms with Crippen molar-refractivity contribution in [1.29, 1.82) is 0 Å². The molecule has 0 aromatic heterocycles. The van der Waals surface area contributed by atoms with Crippen LogP contribution >= 0.6 is 0 Å². The van der Waals surface area contributed by atoms with E-state index < -0.39 is 0 Å². The zero-order chi connectivity index (χ0) is 20.2. The average molecular weight is 394 g/mol. The second kappa shape index (κ2) is 8.66. The molecule has 0 unspecified atom stereocenters. The van der Waals surface area contributed by atoms with Crippen molar-refractivity contribution in [1.82, 2.24) is 4.90 Å². The van der Waals surface area contributed by atoms with E-state index in [4.69, 9.17) is 9.47 Å². The molecule has 2 aliphatic heterocycles. The van der Waals surface area contributed by atoms with Crippen molar-refractivity contribution >= 4 is 17.4 Å². The fourth-order valence-corrected chi connectivity index (χ4v) is 3.95. The molecule has 1 atom stereocenters. The van der Waals surface area contributed by atoms with E-state index in [1.807, 2.05) is 6.07 Å². The lowest BCUT2D eigenvalue weighted by molar-refractivity contribution is -0.117. The molecule has 1 N–H and O–H groups in total. The topological polar surface area (TPSA) is 67.9 Å². The molecule has 2 heterocycles. The third-order valence-electron chi connectivity index (χ3n) is 5.44. The summed E-state index contributed by atoms with van der Waals surface area (Å²) in [6, 6.07) is 13.3. The summed E-state index contributed by atoms with van der Waals surface area (Å²) in [6.45, 7) is 4.08. The number of carbonyl (C=O) groups excluding carboxylic acids is 2. The third-order valence-corrected chi connectivity index (χ3v) is 5.44. The first-order valence-corrected chi connectivity index (χ1v) is 10.1. The van der Waals surface area contributed by atoms with Gasteiger partial charge in [-0.25, -0.2) is 0 Å². The maximum Gasteiger partial charge on any atom is 0.238 e. The van der Waals surface area contributed by atoms with Crippen molar-refractivity contribution in [3.8, 4) is 11.5 Å². The Bertz CT molecular complexity index is 894. The molecule has 4 rings (SSSR count). The first kappa shape index (κ1) is 19.5. The highest BCUT2D eigenvalue weighted by Crippen LogP contribution is 2.37. The highest BCUT2D eigenvalue weighted by molar-refractivity contribution is 5.96. The molecule has 2 aromatic rings. The predicted molar refractivity (Wildman–Crippen MR) is 111 cm³/mol. The van der Waals surface area contributed by atoms with Gasteiger partial charge < -0.3 is 14.8 Å². The van der Waals surface area contributed by atoms with Gasteiger partial charge in [-0.15, -0.1) is 0 Å². The van der Waals surface area contributed by atoms with E-state index in [0.29, 0.717) is 31.0 Å². The van der Waals surface area contributed by atoms with Crippen LogP contribution < -0.4 is 14.8 Å². The van der Waals surface area contributed by atoms with Crippen LogP contribution in [-0.4, -0.2) is 42.9 Å². The molecule has 2 aliphatic rings. The Labute approximate surface area is 170 Å². The summed E-state index contributed by atoms with van der Waals surface area (Å²) in [5, 5.41) is 2.93. The van der Waals surface area contributed by atoms with Gasteiger partial charge in [0.15, 0.2) is 17.3 Å². The molecular formula is C23H26N2O4. The number of amides is 1. The molecule has 2 aromatic carbocycles. The fourth-order valence-electron chi connectivity index (χ4n) is 3.95. The molecule has 6 nitrogen and oxygen atoms in total. The van der Waals surface area contributed by atoms with Gasteiger partial charge in [0.05, 0.1) is 19.8 Å². The molecule has 0 radical (unpaired) electrons. The molecule has 0 aliphatic carbocycles. The maximum atomic E-state index is 12.6. The van der Waals surface area contributed by atoms with E-state index in [0.717, 1.165) is 42.9 Å². The molecule has 1 saturated heterocycles. The number of Topliss-reactive ketones (excluding diaryl/α,β-unsaturated/α-hetero) is 1. The monoisotopic (exact) mass is 394 g/mol. The zero-order valence-electron chi connectivity index (χ0n) is 16.6. The van der Waals surface area contributed by atoms with Crippen molar-refractivity contribution < 1.29 is 19.1 Å². The Morgan fingerprint density at radius 2 is 1.79 bits per heavy atom. The summed E-state index contributed by atoms with van der Waals surface area (Å²) >= 11 is 0. The van der Waals surface area contributed by atoms with E-state index in [9.17, 15) is 9.59 Å². The minimum Gasteiger partial charge on any atom is -0.490 e. The standard InChI is InChI=1S/C23H26N2O4/c1-16(26)17-5-8-19(9-6-17)24-23(27)15-25-11-2-4-20(25)18-7-10-21-22(14-18)29-13-3-12-28-21/h5-10,14,20H,2-4,11-13,15H2,1H3,(H,24,27)/t20-/m0/s1. The van der Waals surface area contributed by atoms with E-state index in [1.165, 1.54) is 6.92 Å². The lowest BCUT2D eigenvalue weighted by Crippen LogP contribution is -2.33. The molecule has 0 spiro atoms. The number of rotatable bonds is 5. The van der Waals surface area contributed by atoms with Gasteiger partial charge in [0.1, 0.15) is 0 Å². The first-order chi connectivity index (χ1) is 14.1. The number of likely N-dealkylation sites (tertiary alicyclic amines) is 1. The van der Waals surface area contributed by atoms with Crippen LogP contribution in [0.1, 0.15) is 48.1 Å². The van der Waals surface area contributed by atoms with Crippen molar-refractivity contribution in [2.75, 3.05) is 31.6 Å². The van der Waals surface area contributed by atoms with Gasteiger partial charge in [-0.05, 0) is 68.3 Å². The number of benzene rings is 2. The SMILES string of the molecule is CC(=O)c1ccc(NC(=O)CN2CCC[C@H]2c2ccc3c(c2)OCCCO3)cc1. The summed E-state index contributed by atoms with van der Waals surface area (Å²) in [7, 11) is 0. The molecule has 152 valence electrons. The molecule has 0 saturated carbocycles. The molecule has 6 heteroatoms. The Balaban J connectivity index is 1.41. The van der Waals surface area contributed by atoms with Crippen LogP contribution in [0.3, 0.4) is 0 Å². The van der Waals surface area contributed by atoms with Gasteiger partial charge in [0.2, 0.25) is 5.91 Å². The van der Waals surface area contributed by atoms with Crippen molar-refractivity contribution in [3.63, 3.8) is 0 Å². The Morgan fingerprint density at radius 3 is 2.55 bits per heavy atom. The number of hydrogen-bond acceptors (Lipinski definition) is 5. The number of carbonyl (C=O) groups is 2. The Kier molecular flexibility index (Phi) is 5.81. The summed E-state index contributed by atoms with van der Waals surface area (Å²) < 4.78 is 11.5. The van der Waals surface area contributed by atoms with Gasteiger partial charge in [0.25, 0.3) is 0 Å². The van der Waals surface area contributed by atoms with Gasteiger partial charge in [-0.2, -0.15) is 0 Å². The van der Waals surface area contributed by atoms with Crippen LogP contribution in [0.2, 0.25) is 0 Å². The summed E-state index contributed by atoms with van der Waals surface area (Å²) in [4.78, 5) is 26.2. The number of hydrogen-bond donors (Lipinski definition) is 1. The van der Waals surface area contributed by atoms with Crippen LogP contribution in [0, 0.1) is 0 Å². The second-order valence-corrected chi connectivity index (χ2v) is 7.57. The number of nitrogens with one attached hydrogen (secondary N) is 1. The molecular weight excluding hydrogens is 368 g/mol. The lowest BCUT2D eigenvalue weighted by Gasteiger charge is -2.25. The van der Waals surface area contributed by atoms with E-state index in [2.05, 4.69) is 22.3 Å². The highest BCUT2D eigenvalue weighted by Gasteiger charge is 2.28. The molecule has 1 amide bonds. The fraction of sp³-hybridized carbons (Fsp3) is 0.391. The Morgan fingerprint density at radius 1 is 1.03 bits per heavy atom. The maximum absolute atomic E-state index is 12.6. The van der Waals surface area contributed by atoms with Crippen LogP contribution in [0.15, 0.2) is 42.5 Å². The van der Waals surface area contributed by atoms with Crippen LogP contribution in [0.4, 0.5) is 5.69 Å². The second-order valence-electron chi connectivity index (χ2n) is 7.57. The normalized spacial score (nSPS) is 18.9. The van der Waals surface area contributed by atoms with Crippen LogP contribution in [0.5, 0.6) is 11.5 Å². The largest absolute Gasteiger partial charge is 0.490 e. The van der Waals surface area contributed by atoms with Gasteiger partial charge in [-0.1, -0.05) is 6.07 Å². The van der Waals surface area contributed by atoms with Gasteiger partial charge >= 0.3 is 0 Å². The summed E-state index contributed by atoms with van der Waals surface area (Å²) in [5.41, 5.74) is 2.49. The van der Waals surface area contributed by atoms with Crippen molar-refractivity contribution in [3.05, 3.63) is 53.6 Å². The highest BCUT2D eigenvalue weighted by atomic mass is 16.5. The third kappa shape index (κ3) is 4.59. The first-order valence-electron chi connectivity index (χ1n) is 10.1. The predicted octanol–water partition coefficient (Wildman–Crippen LogP) is 3.83. The zero-order valence-corrected chi connectivity index (χ0v) is 16.6. The number of anilines is 1. The summed E-state index contributed by atoms with van der Waals surface area (Å²) in [5.74, 6) is 1.55.